The Bertz CT molecular complexity index is 19.7. The van der Waals surface area contributed by atoms with Crippen LogP contribution in [0, 0.1) is 0 Å². The standard InChI is InChI=1S/Co.Cu.Mo.Na.O.Ti.H/q;;;+1;;;-1. The molecule has 6 heavy (non-hydrogen) atoms. The minimum Gasteiger partial charge on any atom is 0 e. The van der Waals surface area contributed by atoms with Crippen LogP contribution in [0.4, 0.5) is 0 Å². The van der Waals surface area contributed by atoms with Crippen molar-refractivity contribution in [2.75, 3.05) is 0 Å². The summed E-state index contributed by atoms with van der Waals surface area (Å²) in [6.45, 7) is 0. The Kier molecular flexibility index (Phi) is 240. The van der Waals surface area contributed by atoms with Crippen molar-refractivity contribution < 1.29 is 110 Å². The molecule has 0 aliphatic heterocycles. The smallest absolute Gasteiger partial charge is 0 e. The first-order chi connectivity index (χ1) is 1.00. The van der Waals surface area contributed by atoms with Crippen molar-refractivity contribution in [1.29, 1.82) is 0 Å². The average molecular weight is 306 g/mol. The van der Waals surface area contributed by atoms with Gasteiger partial charge in [-0.25, -0.2) is 0 Å². The molecule has 0 aliphatic rings. The largest absolute Gasteiger partial charge is 0 e. The minimum absolute atomic E-state index is 0. The van der Waals surface area contributed by atoms with E-state index in [0.717, 1.165) is 0 Å². The van der Waals surface area contributed by atoms with Crippen LogP contribution in [0.1, 0.15) is 1.43 Å². The second kappa shape index (κ2) is 41.2. The van der Waals surface area contributed by atoms with Crippen LogP contribution in [0.25, 0.3) is 0 Å². The Morgan fingerprint density at radius 3 is 1.33 bits per heavy atom. The normalized spacial score (nSPS) is 0.833. The first kappa shape index (κ1) is 34.9. The summed E-state index contributed by atoms with van der Waals surface area (Å²) in [6.07, 6.45) is 0. The monoisotopic (exact) mass is 308 g/mol. The first-order valence-corrected chi connectivity index (χ1v) is 0.561. The van der Waals surface area contributed by atoms with Crippen LogP contribution in [0.15, 0.2) is 0 Å². The molecule has 0 aliphatic carbocycles. The van der Waals surface area contributed by atoms with Gasteiger partial charge in [-0.05, 0) is 0 Å². The summed E-state index contributed by atoms with van der Waals surface area (Å²) in [4.78, 5) is 0. The molecule has 0 saturated carbocycles. The van der Waals surface area contributed by atoms with Crippen LogP contribution in [0.5, 0.6) is 0 Å². The van der Waals surface area contributed by atoms with Gasteiger partial charge in [0.05, 0.1) is 0 Å². The van der Waals surface area contributed by atoms with Gasteiger partial charge < -0.3 is 1.43 Å². The average Bonchev–Trinajstić information content (AvgIpc) is 1.00. The van der Waals surface area contributed by atoms with Gasteiger partial charge in [-0.2, -0.15) is 0 Å². The van der Waals surface area contributed by atoms with E-state index in [4.69, 9.17) is 3.87 Å². The zero-order chi connectivity index (χ0) is 2.00. The molecule has 0 N–H and O–H groups in total. The van der Waals surface area contributed by atoms with Crippen molar-refractivity contribution >= 4 is 0 Å². The zero-order valence-electron chi connectivity index (χ0n) is 3.95. The van der Waals surface area contributed by atoms with Crippen molar-refractivity contribution in [2.24, 2.45) is 0 Å². The molecule has 0 bridgehead atoms. The molecule has 0 rings (SSSR count). The van der Waals surface area contributed by atoms with Gasteiger partial charge in [0.25, 0.3) is 0 Å². The molecule has 1 radical (unpaired) electrons. The van der Waals surface area contributed by atoms with Gasteiger partial charge >= 0.3 is 49.1 Å². The maximum absolute atomic E-state index is 7.94. The molecule has 6 heteroatoms. The molecule has 0 amide bonds. The van der Waals surface area contributed by atoms with Crippen molar-refractivity contribution in [1.82, 2.24) is 0 Å². The second-order valence-corrected chi connectivity index (χ2v) is 0. The van der Waals surface area contributed by atoms with Crippen molar-refractivity contribution in [3.05, 3.63) is 0 Å². The molecule has 0 spiro atoms. The Hall–Kier alpha value is 3.23. The molecule has 0 saturated heterocycles. The number of hydrogen-bond acceptors (Lipinski definition) is 1. The molecule has 0 unspecified atom stereocenters. The van der Waals surface area contributed by atoms with Crippen LogP contribution in [-0.4, -0.2) is 0 Å². The summed E-state index contributed by atoms with van der Waals surface area (Å²) in [5, 5.41) is 0. The summed E-state index contributed by atoms with van der Waals surface area (Å²) in [5.41, 5.74) is 0. The maximum Gasteiger partial charge on any atom is 0 e. The Morgan fingerprint density at radius 1 is 1.33 bits per heavy atom. The van der Waals surface area contributed by atoms with E-state index < -0.39 is 0 Å². The molecule has 38 valence electrons. The van der Waals surface area contributed by atoms with Crippen LogP contribution >= 0.6 is 0 Å². The van der Waals surface area contributed by atoms with Crippen molar-refractivity contribution in [3.63, 3.8) is 0 Å². The van der Waals surface area contributed by atoms with E-state index in [1.54, 1.807) is 0 Å². The molecule has 0 aromatic carbocycles. The van der Waals surface area contributed by atoms with E-state index in [0.29, 0.717) is 0 Å². The Morgan fingerprint density at radius 2 is 1.33 bits per heavy atom. The van der Waals surface area contributed by atoms with E-state index in [1.165, 1.54) is 0 Å². The molecular weight excluding hydrogens is 305 g/mol. The van der Waals surface area contributed by atoms with E-state index in [9.17, 15) is 0 Å². The van der Waals surface area contributed by atoms with Crippen LogP contribution in [0.3, 0.4) is 0 Å². The summed E-state index contributed by atoms with van der Waals surface area (Å²) in [6, 6.07) is 0. The summed E-state index contributed by atoms with van der Waals surface area (Å²) in [5.74, 6) is 0. The first-order valence-electron chi connectivity index (χ1n) is 0.136. The van der Waals surface area contributed by atoms with Crippen LogP contribution in [0.2, 0.25) is 0 Å². The molecule has 0 aromatic heterocycles. The van der Waals surface area contributed by atoms with Gasteiger partial charge in [-0.15, -0.1) is 0 Å². The Balaban J connectivity index is -0.000000000500. The zero-order valence-corrected chi connectivity index (χ0v) is 10.5. The van der Waals surface area contributed by atoms with Gasteiger partial charge in [0.2, 0.25) is 0 Å². The van der Waals surface area contributed by atoms with Gasteiger partial charge in [0.1, 0.15) is 0 Å². The molecule has 0 fully saturated rings. The Labute approximate surface area is 108 Å². The topological polar surface area (TPSA) is 17.1 Å². The summed E-state index contributed by atoms with van der Waals surface area (Å²) >= 11 is 2.31. The minimum atomic E-state index is 0. The third kappa shape index (κ3) is 26.9. The molecule has 0 heterocycles. The fourth-order valence-electron chi connectivity index (χ4n) is 0. The molecule has 0 aromatic rings. The summed E-state index contributed by atoms with van der Waals surface area (Å²) in [7, 11) is 0. The maximum atomic E-state index is 7.94. The van der Waals surface area contributed by atoms with Gasteiger partial charge in [-0.3, -0.25) is 0 Å². The van der Waals surface area contributed by atoms with Gasteiger partial charge in [0, 0.05) is 59.9 Å². The number of hydrogen-bond donors (Lipinski definition) is 0. The van der Waals surface area contributed by atoms with E-state index in [-0.39, 0.29) is 90.8 Å². The van der Waals surface area contributed by atoms with Crippen LogP contribution < -0.4 is 29.6 Å². The summed E-state index contributed by atoms with van der Waals surface area (Å²) < 4.78 is 7.94. The fraction of sp³-hybridized carbons (Fsp3) is 0. The van der Waals surface area contributed by atoms with E-state index >= 15 is 0 Å². The molecular formula is HCoCuMoNaOTi. The fourth-order valence-corrected chi connectivity index (χ4v) is 0. The third-order valence-electron chi connectivity index (χ3n) is 0. The predicted octanol–water partition coefficient (Wildman–Crippen LogP) is -3.01. The van der Waals surface area contributed by atoms with Gasteiger partial charge in [-0.1, -0.05) is 0 Å². The number of rotatable bonds is 0. The molecule has 0 atom stereocenters. The van der Waals surface area contributed by atoms with Crippen LogP contribution in [-0.2, 0) is 79.4 Å². The third-order valence-corrected chi connectivity index (χ3v) is 0. The SMILES string of the molecule is [Cu].[H-].[Mo].[Na+].[O]=[Co].[Ti]. The van der Waals surface area contributed by atoms with Crippen molar-refractivity contribution in [2.45, 2.75) is 0 Å². The second-order valence-electron chi connectivity index (χ2n) is 0. The van der Waals surface area contributed by atoms with E-state index in [2.05, 4.69) is 15.7 Å². The predicted molar refractivity (Wildman–Crippen MR) is 1.80 cm³/mol. The molecule has 1 nitrogen and oxygen atoms in total. The van der Waals surface area contributed by atoms with Gasteiger partial charge in [0.15, 0.2) is 0 Å². The van der Waals surface area contributed by atoms with E-state index in [1.807, 2.05) is 0 Å². The quantitative estimate of drug-likeness (QED) is 0.436. The van der Waals surface area contributed by atoms with Crippen molar-refractivity contribution in [3.8, 4) is 0 Å².